The van der Waals surface area contributed by atoms with Crippen molar-refractivity contribution >= 4 is 50.7 Å². The fraction of sp³-hybridized carbons (Fsp3) is 0.355. The van der Waals surface area contributed by atoms with Crippen LogP contribution >= 0.6 is 23.2 Å². The summed E-state index contributed by atoms with van der Waals surface area (Å²) in [7, 11) is -4.22. The van der Waals surface area contributed by atoms with Gasteiger partial charge < -0.3 is 10.2 Å². The minimum Gasteiger partial charge on any atom is -0.352 e. The summed E-state index contributed by atoms with van der Waals surface area (Å²) < 4.78 is 28.7. The van der Waals surface area contributed by atoms with Crippen molar-refractivity contribution in [2.45, 2.75) is 62.4 Å². The minimum atomic E-state index is -4.22. The highest BCUT2D eigenvalue weighted by atomic mass is 35.5. The summed E-state index contributed by atoms with van der Waals surface area (Å²) in [5.74, 6) is -0.778. The zero-order chi connectivity index (χ0) is 29.4. The maximum absolute atomic E-state index is 14.0. The van der Waals surface area contributed by atoms with Crippen LogP contribution in [0.1, 0.15) is 44.6 Å². The Kier molecular flexibility index (Phi) is 10.7. The molecule has 1 aliphatic rings. The summed E-state index contributed by atoms with van der Waals surface area (Å²) in [5.41, 5.74) is 1.08. The van der Waals surface area contributed by atoms with Crippen molar-refractivity contribution in [3.8, 4) is 0 Å². The molecule has 0 radical (unpaired) electrons. The summed E-state index contributed by atoms with van der Waals surface area (Å²) in [6.45, 7) is 1.35. The monoisotopic (exact) mass is 615 g/mol. The van der Waals surface area contributed by atoms with Gasteiger partial charge in [-0.15, -0.1) is 0 Å². The van der Waals surface area contributed by atoms with E-state index in [1.54, 1.807) is 37.3 Å². The number of nitrogens with one attached hydrogen (secondary N) is 1. The van der Waals surface area contributed by atoms with Gasteiger partial charge in [0, 0.05) is 12.6 Å². The second kappa shape index (κ2) is 14.2. The molecule has 10 heteroatoms. The van der Waals surface area contributed by atoms with E-state index in [9.17, 15) is 18.0 Å². The van der Waals surface area contributed by atoms with Crippen molar-refractivity contribution in [3.63, 3.8) is 0 Å². The van der Waals surface area contributed by atoms with Crippen molar-refractivity contribution in [3.05, 3.63) is 94.5 Å². The van der Waals surface area contributed by atoms with Gasteiger partial charge in [-0.3, -0.25) is 13.9 Å². The molecule has 0 aromatic heterocycles. The topological polar surface area (TPSA) is 86.8 Å². The molecule has 0 bridgehead atoms. The van der Waals surface area contributed by atoms with Crippen LogP contribution in [0.3, 0.4) is 0 Å². The number of hydrogen-bond acceptors (Lipinski definition) is 4. The van der Waals surface area contributed by atoms with Crippen LogP contribution in [-0.4, -0.2) is 50.3 Å². The van der Waals surface area contributed by atoms with Gasteiger partial charge in [0.05, 0.1) is 20.6 Å². The SMILES string of the molecule is C[C@@H](C(=O)NC1CCCCC1)N(CCc1ccccc1)C(=O)CN(c1cccc(Cl)c1Cl)S(=O)(=O)c1ccccc1. The average Bonchev–Trinajstić information content (AvgIpc) is 2.99. The molecule has 3 aromatic carbocycles. The number of halogens is 2. The van der Waals surface area contributed by atoms with E-state index in [2.05, 4.69) is 5.32 Å². The summed E-state index contributed by atoms with van der Waals surface area (Å²) in [4.78, 5) is 28.8. The first kappa shape index (κ1) is 30.9. The van der Waals surface area contributed by atoms with Gasteiger partial charge >= 0.3 is 0 Å². The zero-order valence-corrected chi connectivity index (χ0v) is 25.3. The summed E-state index contributed by atoms with van der Waals surface area (Å²) in [6, 6.07) is 21.4. The molecule has 1 saturated carbocycles. The summed E-state index contributed by atoms with van der Waals surface area (Å²) in [5, 5.41) is 3.28. The molecule has 1 atom stereocenters. The van der Waals surface area contributed by atoms with E-state index >= 15 is 0 Å². The third-order valence-electron chi connectivity index (χ3n) is 7.41. The molecule has 4 rings (SSSR count). The fourth-order valence-corrected chi connectivity index (χ4v) is 6.95. The minimum absolute atomic E-state index is 0.00256. The normalized spacial score (nSPS) is 14.7. The number of sulfonamides is 1. The van der Waals surface area contributed by atoms with Crippen molar-refractivity contribution in [2.24, 2.45) is 0 Å². The lowest BCUT2D eigenvalue weighted by molar-refractivity contribution is -0.139. The largest absolute Gasteiger partial charge is 0.352 e. The number of anilines is 1. The summed E-state index contributed by atoms with van der Waals surface area (Å²) in [6.07, 6.45) is 5.59. The maximum atomic E-state index is 14.0. The molecule has 0 unspecified atom stereocenters. The predicted molar refractivity (Wildman–Crippen MR) is 164 cm³/mol. The smallest absolute Gasteiger partial charge is 0.264 e. The van der Waals surface area contributed by atoms with Gasteiger partial charge in [0.1, 0.15) is 12.6 Å². The fourth-order valence-electron chi connectivity index (χ4n) is 5.06. The Bertz CT molecular complexity index is 1430. The number of hydrogen-bond donors (Lipinski definition) is 1. The molecule has 41 heavy (non-hydrogen) atoms. The van der Waals surface area contributed by atoms with Crippen molar-refractivity contribution in [2.75, 3.05) is 17.4 Å². The van der Waals surface area contributed by atoms with Crippen LogP contribution in [0.25, 0.3) is 0 Å². The van der Waals surface area contributed by atoms with Gasteiger partial charge in [-0.05, 0) is 56.0 Å². The van der Waals surface area contributed by atoms with Crippen molar-refractivity contribution in [1.82, 2.24) is 10.2 Å². The van der Waals surface area contributed by atoms with Gasteiger partial charge in [-0.1, -0.05) is 97.1 Å². The van der Waals surface area contributed by atoms with Gasteiger partial charge in [0.15, 0.2) is 0 Å². The number of rotatable bonds is 11. The Hall–Kier alpha value is -3.07. The van der Waals surface area contributed by atoms with E-state index < -0.39 is 28.5 Å². The Morgan fingerprint density at radius 2 is 1.54 bits per heavy atom. The lowest BCUT2D eigenvalue weighted by atomic mass is 9.95. The van der Waals surface area contributed by atoms with Gasteiger partial charge in [-0.2, -0.15) is 0 Å². The first-order chi connectivity index (χ1) is 19.7. The summed E-state index contributed by atoms with van der Waals surface area (Å²) >= 11 is 12.7. The van der Waals surface area contributed by atoms with Crippen LogP contribution in [-0.2, 0) is 26.0 Å². The second-order valence-corrected chi connectivity index (χ2v) is 12.9. The van der Waals surface area contributed by atoms with E-state index in [1.807, 2.05) is 30.3 Å². The average molecular weight is 617 g/mol. The van der Waals surface area contributed by atoms with Gasteiger partial charge in [0.2, 0.25) is 11.8 Å². The van der Waals surface area contributed by atoms with E-state index in [0.717, 1.165) is 42.0 Å². The molecule has 1 N–H and O–H groups in total. The van der Waals surface area contributed by atoms with Gasteiger partial charge in [-0.25, -0.2) is 8.42 Å². The number of amides is 2. The van der Waals surface area contributed by atoms with Crippen LogP contribution < -0.4 is 9.62 Å². The molecular formula is C31H35Cl2N3O4S. The predicted octanol–water partition coefficient (Wildman–Crippen LogP) is 6.10. The standard InChI is InChI=1S/C31H35Cl2N3O4S/c1-23(31(38)34-25-14-7-3-8-15-25)35(21-20-24-12-5-2-6-13-24)29(37)22-36(28-19-11-18-27(32)30(28)33)41(39,40)26-16-9-4-10-17-26/h2,4-6,9-13,16-19,23,25H,3,7-8,14-15,20-22H2,1H3,(H,34,38)/t23-/m0/s1. The van der Waals surface area contributed by atoms with Crippen molar-refractivity contribution in [1.29, 1.82) is 0 Å². The molecule has 0 aliphatic heterocycles. The number of carbonyl (C=O) groups is 2. The van der Waals surface area contributed by atoms with E-state index in [0.29, 0.717) is 6.42 Å². The zero-order valence-electron chi connectivity index (χ0n) is 23.0. The lowest BCUT2D eigenvalue weighted by Crippen LogP contribution is -2.53. The molecular weight excluding hydrogens is 581 g/mol. The lowest BCUT2D eigenvalue weighted by Gasteiger charge is -2.33. The highest BCUT2D eigenvalue weighted by Crippen LogP contribution is 2.35. The number of carbonyl (C=O) groups excluding carboxylic acids is 2. The Morgan fingerprint density at radius 3 is 2.20 bits per heavy atom. The number of nitrogens with zero attached hydrogens (tertiary/aromatic N) is 2. The maximum Gasteiger partial charge on any atom is 0.264 e. The van der Waals surface area contributed by atoms with Crippen LogP contribution in [0.2, 0.25) is 10.0 Å². The highest BCUT2D eigenvalue weighted by molar-refractivity contribution is 7.92. The molecule has 3 aromatic rings. The molecule has 0 spiro atoms. The molecule has 0 saturated heterocycles. The highest BCUT2D eigenvalue weighted by Gasteiger charge is 2.34. The quantitative estimate of drug-likeness (QED) is 0.282. The molecule has 1 aliphatic carbocycles. The third-order valence-corrected chi connectivity index (χ3v) is 10.00. The third kappa shape index (κ3) is 7.82. The molecule has 0 heterocycles. The van der Waals surface area contributed by atoms with Gasteiger partial charge in [0.25, 0.3) is 10.0 Å². The van der Waals surface area contributed by atoms with Crippen LogP contribution in [0, 0.1) is 0 Å². The van der Waals surface area contributed by atoms with E-state index in [4.69, 9.17) is 23.2 Å². The number of benzene rings is 3. The van der Waals surface area contributed by atoms with Crippen LogP contribution in [0.15, 0.2) is 83.8 Å². The first-order valence-corrected chi connectivity index (χ1v) is 16.0. The molecule has 2 amide bonds. The second-order valence-electron chi connectivity index (χ2n) is 10.2. The van der Waals surface area contributed by atoms with Crippen LogP contribution in [0.5, 0.6) is 0 Å². The molecule has 218 valence electrons. The van der Waals surface area contributed by atoms with E-state index in [1.165, 1.54) is 23.1 Å². The molecule has 7 nitrogen and oxygen atoms in total. The Labute approximate surface area is 252 Å². The first-order valence-electron chi connectivity index (χ1n) is 13.8. The molecule has 1 fully saturated rings. The van der Waals surface area contributed by atoms with Crippen molar-refractivity contribution < 1.29 is 18.0 Å². The Morgan fingerprint density at radius 1 is 0.902 bits per heavy atom. The Balaban J connectivity index is 1.66. The van der Waals surface area contributed by atoms with E-state index in [-0.39, 0.29) is 39.1 Å². The van der Waals surface area contributed by atoms with Crippen LogP contribution in [0.4, 0.5) is 5.69 Å².